The van der Waals surface area contributed by atoms with E-state index in [-0.39, 0.29) is 37.4 Å². The third kappa shape index (κ3) is 9.92. The van der Waals surface area contributed by atoms with Crippen molar-refractivity contribution in [3.05, 3.63) is 138 Å². The molecule has 0 radical (unpaired) electrons. The fourth-order valence-corrected chi connectivity index (χ4v) is 6.20. The van der Waals surface area contributed by atoms with Crippen molar-refractivity contribution in [1.29, 1.82) is 0 Å². The van der Waals surface area contributed by atoms with Gasteiger partial charge in [-0.3, -0.25) is 9.10 Å². The molecule has 0 spiro atoms. The first-order chi connectivity index (χ1) is 22.2. The minimum Gasteiger partial charge on any atom is -0.445 e. The van der Waals surface area contributed by atoms with Gasteiger partial charge in [-0.25, -0.2) is 13.2 Å². The number of nitrogens with one attached hydrogen (secondary N) is 1. The van der Waals surface area contributed by atoms with E-state index in [1.54, 1.807) is 25.1 Å². The van der Waals surface area contributed by atoms with Gasteiger partial charge < -0.3 is 20.1 Å². The average molecular weight is 644 g/mol. The molecular weight excluding hydrogens is 602 g/mol. The van der Waals surface area contributed by atoms with E-state index in [1.807, 2.05) is 91.0 Å². The summed E-state index contributed by atoms with van der Waals surface area (Å²) in [5.74, 6) is -0.497. The predicted molar refractivity (Wildman–Crippen MR) is 180 cm³/mol. The summed E-state index contributed by atoms with van der Waals surface area (Å²) in [6.45, 7) is 1.94. The highest BCUT2D eigenvalue weighted by Gasteiger charge is 2.28. The maximum atomic E-state index is 13.6. The molecule has 0 unspecified atom stereocenters. The van der Waals surface area contributed by atoms with Crippen molar-refractivity contribution in [3.63, 3.8) is 0 Å². The smallest absolute Gasteiger partial charge is 0.410 e. The Hall–Kier alpha value is -4.67. The maximum Gasteiger partial charge on any atom is 0.410 e. The second-order valence-corrected chi connectivity index (χ2v) is 13.2. The Kier molecular flexibility index (Phi) is 12.3. The van der Waals surface area contributed by atoms with Crippen LogP contribution in [0.25, 0.3) is 0 Å². The zero-order chi connectivity index (χ0) is 32.9. The summed E-state index contributed by atoms with van der Waals surface area (Å²) in [5.41, 5.74) is 3.17. The van der Waals surface area contributed by atoms with Crippen molar-refractivity contribution < 1.29 is 27.9 Å². The molecule has 242 valence electrons. The lowest BCUT2D eigenvalue weighted by molar-refractivity contribution is 0.0500. The number of sulfonamides is 1. The van der Waals surface area contributed by atoms with Gasteiger partial charge in [0, 0.05) is 19.2 Å². The van der Waals surface area contributed by atoms with Crippen LogP contribution in [0.5, 0.6) is 0 Å². The first-order valence-electron chi connectivity index (χ1n) is 15.3. The van der Waals surface area contributed by atoms with Crippen LogP contribution in [0.1, 0.15) is 40.4 Å². The van der Waals surface area contributed by atoms with Crippen LogP contribution in [0, 0.1) is 0 Å². The Labute approximate surface area is 271 Å². The Morgan fingerprint density at radius 1 is 0.826 bits per heavy atom. The van der Waals surface area contributed by atoms with E-state index in [0.717, 1.165) is 16.7 Å². The van der Waals surface area contributed by atoms with Crippen LogP contribution in [0.15, 0.2) is 115 Å². The molecule has 46 heavy (non-hydrogen) atoms. The Morgan fingerprint density at radius 3 is 2.02 bits per heavy atom. The highest BCUT2D eigenvalue weighted by molar-refractivity contribution is 7.92. The molecule has 0 aromatic heterocycles. The van der Waals surface area contributed by atoms with Gasteiger partial charge in [0.25, 0.3) is 5.91 Å². The second-order valence-electron chi connectivity index (χ2n) is 11.1. The van der Waals surface area contributed by atoms with Crippen LogP contribution in [0.4, 0.5) is 10.5 Å². The van der Waals surface area contributed by atoms with Gasteiger partial charge in [-0.05, 0) is 47.7 Å². The van der Waals surface area contributed by atoms with E-state index >= 15 is 0 Å². The molecule has 4 aromatic carbocycles. The lowest BCUT2D eigenvalue weighted by Gasteiger charge is -2.30. The topological polar surface area (TPSA) is 116 Å². The first-order valence-corrected chi connectivity index (χ1v) is 16.9. The number of anilines is 1. The van der Waals surface area contributed by atoms with Crippen molar-refractivity contribution >= 4 is 27.7 Å². The standard InChI is InChI=1S/C36H41N3O6S/c1-3-22-46(43,44)38(2)32-21-13-20-31(24-32)35(41)37-33(23-28-14-7-4-8-15-28)34(40)26-39(25-29-16-9-5-10-17-29)36(42)45-27-30-18-11-6-12-19-30/h4-21,24,33-34,40H,3,22-23,25-27H2,1-2H3,(H,37,41)/t33-,34+/m0/s1. The number of hydrogen-bond acceptors (Lipinski definition) is 6. The fourth-order valence-electron chi connectivity index (χ4n) is 4.97. The lowest BCUT2D eigenvalue weighted by Crippen LogP contribution is -2.50. The summed E-state index contributed by atoms with van der Waals surface area (Å²) in [6, 6.07) is 33.7. The molecule has 4 rings (SSSR count). The molecule has 9 nitrogen and oxygen atoms in total. The number of aliphatic hydroxyl groups excluding tert-OH is 1. The SMILES string of the molecule is CCCS(=O)(=O)N(C)c1cccc(C(=O)N[C@@H](Cc2ccccc2)[C@H](O)CN(Cc2ccccc2)C(=O)OCc2ccccc2)c1. The summed E-state index contributed by atoms with van der Waals surface area (Å²) in [7, 11) is -2.08. The van der Waals surface area contributed by atoms with Crippen LogP contribution in [-0.4, -0.2) is 61.9 Å². The normalized spacial score (nSPS) is 12.5. The zero-order valence-corrected chi connectivity index (χ0v) is 27.0. The molecular formula is C36H41N3O6S. The first kappa shape index (κ1) is 34.2. The van der Waals surface area contributed by atoms with E-state index in [9.17, 15) is 23.1 Å². The molecule has 10 heteroatoms. The number of carbonyl (C=O) groups is 2. The van der Waals surface area contributed by atoms with Gasteiger partial charge in [-0.15, -0.1) is 0 Å². The molecule has 0 saturated carbocycles. The Bertz CT molecular complexity index is 1650. The van der Waals surface area contributed by atoms with Gasteiger partial charge in [0.2, 0.25) is 10.0 Å². The lowest BCUT2D eigenvalue weighted by atomic mass is 10.00. The van der Waals surface area contributed by atoms with Crippen molar-refractivity contribution in [3.8, 4) is 0 Å². The van der Waals surface area contributed by atoms with Gasteiger partial charge in [0.1, 0.15) is 6.61 Å². The minimum atomic E-state index is -3.54. The van der Waals surface area contributed by atoms with Crippen LogP contribution in [0.2, 0.25) is 0 Å². The number of carbonyl (C=O) groups excluding carboxylic acids is 2. The number of benzene rings is 4. The molecule has 2 amide bonds. The van der Waals surface area contributed by atoms with Gasteiger partial charge >= 0.3 is 6.09 Å². The molecule has 0 aliphatic heterocycles. The molecule has 0 saturated heterocycles. The van der Waals surface area contributed by atoms with Crippen molar-refractivity contribution in [2.75, 3.05) is 23.7 Å². The molecule has 2 atom stereocenters. The molecule has 2 N–H and O–H groups in total. The second kappa shape index (κ2) is 16.6. The van der Waals surface area contributed by atoms with Crippen molar-refractivity contribution in [2.45, 2.75) is 45.1 Å². The van der Waals surface area contributed by atoms with Crippen molar-refractivity contribution in [2.24, 2.45) is 0 Å². The minimum absolute atomic E-state index is 0.0153. The average Bonchev–Trinajstić information content (AvgIpc) is 3.07. The van der Waals surface area contributed by atoms with Gasteiger partial charge in [-0.2, -0.15) is 0 Å². The van der Waals surface area contributed by atoms with Crippen LogP contribution in [0.3, 0.4) is 0 Å². The Balaban J connectivity index is 1.55. The summed E-state index contributed by atoms with van der Waals surface area (Å²) in [4.78, 5) is 28.4. The highest BCUT2D eigenvalue weighted by Crippen LogP contribution is 2.20. The predicted octanol–water partition coefficient (Wildman–Crippen LogP) is 5.40. The maximum absolute atomic E-state index is 13.6. The number of rotatable bonds is 15. The van der Waals surface area contributed by atoms with E-state index < -0.39 is 34.2 Å². The fraction of sp³-hybridized carbons (Fsp3) is 0.278. The summed E-state index contributed by atoms with van der Waals surface area (Å²) in [5, 5.41) is 14.5. The Morgan fingerprint density at radius 2 is 1.41 bits per heavy atom. The number of nitrogens with zero attached hydrogens (tertiary/aromatic N) is 2. The summed E-state index contributed by atoms with van der Waals surface area (Å²) < 4.78 is 32.1. The molecule has 0 aliphatic carbocycles. The summed E-state index contributed by atoms with van der Waals surface area (Å²) >= 11 is 0. The third-order valence-electron chi connectivity index (χ3n) is 7.52. The zero-order valence-electron chi connectivity index (χ0n) is 26.2. The summed E-state index contributed by atoms with van der Waals surface area (Å²) in [6.07, 6.45) is -1.02. The largest absolute Gasteiger partial charge is 0.445 e. The number of hydrogen-bond donors (Lipinski definition) is 2. The number of ether oxygens (including phenoxy) is 1. The van der Waals surface area contributed by atoms with Gasteiger partial charge in [0.05, 0.1) is 30.1 Å². The third-order valence-corrected chi connectivity index (χ3v) is 9.49. The van der Waals surface area contributed by atoms with Crippen LogP contribution < -0.4 is 9.62 Å². The molecule has 0 heterocycles. The van der Waals surface area contributed by atoms with Crippen LogP contribution in [-0.2, 0) is 34.3 Å². The number of aliphatic hydroxyl groups is 1. The molecule has 0 bridgehead atoms. The quantitative estimate of drug-likeness (QED) is 0.179. The monoisotopic (exact) mass is 643 g/mol. The van der Waals surface area contributed by atoms with Crippen LogP contribution >= 0.6 is 0 Å². The highest BCUT2D eigenvalue weighted by atomic mass is 32.2. The van der Waals surface area contributed by atoms with Gasteiger partial charge in [0.15, 0.2) is 0 Å². The molecule has 0 fully saturated rings. The van der Waals surface area contributed by atoms with E-state index in [1.165, 1.54) is 22.3 Å². The van der Waals surface area contributed by atoms with Crippen molar-refractivity contribution in [1.82, 2.24) is 10.2 Å². The van der Waals surface area contributed by atoms with E-state index in [2.05, 4.69) is 5.32 Å². The van der Waals surface area contributed by atoms with E-state index in [0.29, 0.717) is 12.1 Å². The van der Waals surface area contributed by atoms with E-state index in [4.69, 9.17) is 4.74 Å². The molecule has 4 aromatic rings. The molecule has 0 aliphatic rings. The van der Waals surface area contributed by atoms with Gasteiger partial charge in [-0.1, -0.05) is 104 Å². The number of amides is 2.